The predicted molar refractivity (Wildman–Crippen MR) is 117 cm³/mol. The molecule has 1 heterocycles. The molecule has 1 N–H and O–H groups in total. The van der Waals surface area contributed by atoms with E-state index in [0.29, 0.717) is 12.2 Å². The second kappa shape index (κ2) is 9.60. The zero-order valence-corrected chi connectivity index (χ0v) is 18.2. The Morgan fingerprint density at radius 2 is 2.07 bits per heavy atom. The highest BCUT2D eigenvalue weighted by atomic mass is 79.9. The third-order valence-electron chi connectivity index (χ3n) is 4.26. The molecule has 0 bridgehead atoms. The molecular formula is C22H23BrN2O4. The van der Waals surface area contributed by atoms with E-state index in [1.165, 1.54) is 0 Å². The first-order valence-corrected chi connectivity index (χ1v) is 10.3. The Hall–Kier alpha value is -2.80. The molecule has 0 aliphatic heterocycles. The number of furan rings is 1. The number of halogens is 1. The summed E-state index contributed by atoms with van der Waals surface area (Å²) >= 11 is 3.50. The summed E-state index contributed by atoms with van der Waals surface area (Å²) in [5, 5.41) is 4.81. The average Bonchev–Trinajstić information content (AvgIpc) is 3.13. The zero-order chi connectivity index (χ0) is 20.8. The summed E-state index contributed by atoms with van der Waals surface area (Å²) in [5.74, 6) is 1.27. The Morgan fingerprint density at radius 1 is 1.24 bits per heavy atom. The second-order valence-electron chi connectivity index (χ2n) is 6.47. The number of rotatable bonds is 8. The van der Waals surface area contributed by atoms with Gasteiger partial charge in [0, 0.05) is 5.39 Å². The van der Waals surface area contributed by atoms with Crippen LogP contribution in [0.5, 0.6) is 11.5 Å². The van der Waals surface area contributed by atoms with Crippen LogP contribution in [0.2, 0.25) is 0 Å². The fraction of sp³-hybridized carbons (Fsp3) is 0.273. The van der Waals surface area contributed by atoms with E-state index in [1.54, 1.807) is 18.3 Å². The first-order valence-electron chi connectivity index (χ1n) is 9.46. The van der Waals surface area contributed by atoms with Crippen molar-refractivity contribution in [2.45, 2.75) is 33.3 Å². The second-order valence-corrected chi connectivity index (χ2v) is 7.32. The Bertz CT molecular complexity index is 1030. The van der Waals surface area contributed by atoms with Crippen LogP contribution in [0.25, 0.3) is 11.0 Å². The van der Waals surface area contributed by atoms with Gasteiger partial charge in [0.1, 0.15) is 17.1 Å². The lowest BCUT2D eigenvalue weighted by Gasteiger charge is -2.14. The van der Waals surface area contributed by atoms with Gasteiger partial charge < -0.3 is 13.9 Å². The quantitative estimate of drug-likeness (QED) is 0.355. The molecule has 1 aromatic heterocycles. The summed E-state index contributed by atoms with van der Waals surface area (Å²) in [4.78, 5) is 12.3. The van der Waals surface area contributed by atoms with E-state index in [1.807, 2.05) is 44.2 Å². The van der Waals surface area contributed by atoms with E-state index in [4.69, 9.17) is 13.9 Å². The van der Waals surface area contributed by atoms with E-state index in [2.05, 4.69) is 33.4 Å². The number of carbonyl (C=O) groups is 1. The average molecular weight is 459 g/mol. The van der Waals surface area contributed by atoms with Crippen LogP contribution in [0.3, 0.4) is 0 Å². The lowest BCUT2D eigenvalue weighted by Crippen LogP contribution is -2.16. The van der Waals surface area contributed by atoms with E-state index in [-0.39, 0.29) is 11.9 Å². The van der Waals surface area contributed by atoms with Crippen LogP contribution >= 0.6 is 15.9 Å². The minimum absolute atomic E-state index is 0.138. The molecule has 3 aromatic rings. The standard InChI is InChI=1S/C22H23BrN2O4/c1-4-14(3)28-20-8-6-15(10-18(20)23)13-24-25-22(26)21-12-16-11-17(27-5-2)7-9-19(16)29-21/h6-14H,4-5H2,1-3H3,(H,25,26)/b24-13+/t14-/m1/s1. The summed E-state index contributed by atoms with van der Waals surface area (Å²) in [6.45, 7) is 6.59. The maximum Gasteiger partial charge on any atom is 0.307 e. The predicted octanol–water partition coefficient (Wildman–Crippen LogP) is 5.54. The van der Waals surface area contributed by atoms with Crippen molar-refractivity contribution in [3.05, 3.63) is 58.3 Å². The van der Waals surface area contributed by atoms with Crippen molar-refractivity contribution in [3.8, 4) is 11.5 Å². The number of hydrazone groups is 1. The van der Waals surface area contributed by atoms with Crippen LogP contribution in [0, 0.1) is 0 Å². The van der Waals surface area contributed by atoms with Gasteiger partial charge in [-0.05, 0) is 84.2 Å². The number of nitrogens with zero attached hydrogens (tertiary/aromatic N) is 1. The molecule has 6 nitrogen and oxygen atoms in total. The molecule has 0 saturated heterocycles. The number of fused-ring (bicyclic) bond motifs is 1. The third kappa shape index (κ3) is 5.38. The number of carbonyl (C=O) groups excluding carboxylic acids is 1. The molecular weight excluding hydrogens is 436 g/mol. The van der Waals surface area contributed by atoms with Crippen LogP contribution in [0.4, 0.5) is 0 Å². The van der Waals surface area contributed by atoms with Gasteiger partial charge in [0.05, 0.1) is 23.4 Å². The van der Waals surface area contributed by atoms with Gasteiger partial charge in [-0.3, -0.25) is 4.79 Å². The molecule has 0 fully saturated rings. The lowest BCUT2D eigenvalue weighted by atomic mass is 10.2. The van der Waals surface area contributed by atoms with Crippen LogP contribution in [0.15, 0.2) is 56.5 Å². The monoisotopic (exact) mass is 458 g/mol. The summed E-state index contributed by atoms with van der Waals surface area (Å²) in [7, 11) is 0. The lowest BCUT2D eigenvalue weighted by molar-refractivity contribution is 0.0929. The van der Waals surface area contributed by atoms with Gasteiger partial charge in [0.25, 0.3) is 0 Å². The maximum atomic E-state index is 12.3. The van der Waals surface area contributed by atoms with E-state index in [0.717, 1.165) is 33.3 Å². The molecule has 0 unspecified atom stereocenters. The minimum Gasteiger partial charge on any atom is -0.494 e. The van der Waals surface area contributed by atoms with Crippen LogP contribution in [-0.2, 0) is 0 Å². The topological polar surface area (TPSA) is 73.1 Å². The van der Waals surface area contributed by atoms with Crippen LogP contribution in [0.1, 0.15) is 43.3 Å². The largest absolute Gasteiger partial charge is 0.494 e. The molecule has 1 amide bonds. The normalized spacial score (nSPS) is 12.3. The Labute approximate surface area is 178 Å². The zero-order valence-electron chi connectivity index (χ0n) is 16.6. The summed E-state index contributed by atoms with van der Waals surface area (Å²) < 4.78 is 17.7. The summed E-state index contributed by atoms with van der Waals surface area (Å²) in [6.07, 6.45) is 2.63. The maximum absolute atomic E-state index is 12.3. The van der Waals surface area contributed by atoms with Crippen molar-refractivity contribution >= 4 is 39.0 Å². The molecule has 0 saturated carbocycles. The van der Waals surface area contributed by atoms with Crippen molar-refractivity contribution < 1.29 is 18.7 Å². The van der Waals surface area contributed by atoms with Crippen molar-refractivity contribution in [1.29, 1.82) is 0 Å². The van der Waals surface area contributed by atoms with E-state index in [9.17, 15) is 4.79 Å². The highest BCUT2D eigenvalue weighted by Gasteiger charge is 2.12. The Kier molecular flexibility index (Phi) is 6.93. The minimum atomic E-state index is -0.425. The number of amides is 1. The van der Waals surface area contributed by atoms with Gasteiger partial charge in [0.2, 0.25) is 0 Å². The van der Waals surface area contributed by atoms with Crippen molar-refractivity contribution in [2.75, 3.05) is 6.61 Å². The van der Waals surface area contributed by atoms with Crippen molar-refractivity contribution in [1.82, 2.24) is 5.43 Å². The van der Waals surface area contributed by atoms with Gasteiger partial charge >= 0.3 is 5.91 Å². The molecule has 0 aliphatic rings. The fourth-order valence-electron chi connectivity index (χ4n) is 2.60. The van der Waals surface area contributed by atoms with Gasteiger partial charge in [-0.15, -0.1) is 0 Å². The first-order chi connectivity index (χ1) is 14.0. The Balaban J connectivity index is 1.64. The molecule has 7 heteroatoms. The molecule has 0 spiro atoms. The van der Waals surface area contributed by atoms with Crippen molar-refractivity contribution in [2.24, 2.45) is 5.10 Å². The smallest absolute Gasteiger partial charge is 0.307 e. The molecule has 3 rings (SSSR count). The highest BCUT2D eigenvalue weighted by Crippen LogP contribution is 2.27. The molecule has 0 radical (unpaired) electrons. The molecule has 152 valence electrons. The molecule has 29 heavy (non-hydrogen) atoms. The van der Waals surface area contributed by atoms with Gasteiger partial charge in [-0.1, -0.05) is 6.92 Å². The first kappa shape index (κ1) is 20.9. The SMILES string of the molecule is CCOc1ccc2oc(C(=O)N/N=C/c3ccc(O[C@H](C)CC)c(Br)c3)cc2c1. The number of benzene rings is 2. The fourth-order valence-corrected chi connectivity index (χ4v) is 3.09. The van der Waals surface area contributed by atoms with Crippen molar-refractivity contribution in [3.63, 3.8) is 0 Å². The number of ether oxygens (including phenoxy) is 2. The summed E-state index contributed by atoms with van der Waals surface area (Å²) in [5.41, 5.74) is 3.92. The molecule has 1 atom stereocenters. The van der Waals surface area contributed by atoms with Gasteiger partial charge in [0.15, 0.2) is 5.76 Å². The number of hydrogen-bond donors (Lipinski definition) is 1. The molecule has 2 aromatic carbocycles. The van der Waals surface area contributed by atoms with Gasteiger partial charge in [-0.25, -0.2) is 5.43 Å². The van der Waals surface area contributed by atoms with Gasteiger partial charge in [-0.2, -0.15) is 5.10 Å². The van der Waals surface area contributed by atoms with Crippen LogP contribution < -0.4 is 14.9 Å². The summed E-state index contributed by atoms with van der Waals surface area (Å²) in [6, 6.07) is 12.7. The van der Waals surface area contributed by atoms with E-state index >= 15 is 0 Å². The number of hydrogen-bond acceptors (Lipinski definition) is 5. The Morgan fingerprint density at radius 3 is 2.79 bits per heavy atom. The highest BCUT2D eigenvalue weighted by molar-refractivity contribution is 9.10. The van der Waals surface area contributed by atoms with Crippen LogP contribution in [-0.4, -0.2) is 24.8 Å². The van der Waals surface area contributed by atoms with E-state index < -0.39 is 5.91 Å². The molecule has 0 aliphatic carbocycles. The third-order valence-corrected chi connectivity index (χ3v) is 4.88. The number of nitrogens with one attached hydrogen (secondary N) is 1.